The lowest BCUT2D eigenvalue weighted by molar-refractivity contribution is 0.325. The molecule has 1 aromatic carbocycles. The van der Waals surface area contributed by atoms with Gasteiger partial charge < -0.3 is 10.5 Å². The van der Waals surface area contributed by atoms with Crippen LogP contribution in [-0.2, 0) is 0 Å². The van der Waals surface area contributed by atoms with Crippen LogP contribution >= 0.6 is 0 Å². The summed E-state index contributed by atoms with van der Waals surface area (Å²) >= 11 is 0. The first-order valence-electron chi connectivity index (χ1n) is 5.49. The van der Waals surface area contributed by atoms with Gasteiger partial charge in [-0.25, -0.2) is 4.98 Å². The molecule has 0 saturated heterocycles. The minimum atomic E-state index is 0.427. The molecule has 90 valence electrons. The molecule has 1 aromatic heterocycles. The number of hydrogen-bond acceptors (Lipinski definition) is 5. The van der Waals surface area contributed by atoms with E-state index in [9.17, 15) is 0 Å². The molecule has 2 rings (SSSR count). The lowest BCUT2D eigenvalue weighted by atomic mass is 10.1. The fourth-order valence-corrected chi connectivity index (χ4v) is 1.52. The molecule has 0 aliphatic carbocycles. The summed E-state index contributed by atoms with van der Waals surface area (Å²) in [6.45, 7) is 2.41. The maximum absolute atomic E-state index is 8.94. The van der Waals surface area contributed by atoms with Crippen LogP contribution in [0.25, 0.3) is 11.3 Å². The minimum Gasteiger partial charge on any atom is -0.477 e. The third kappa shape index (κ3) is 2.38. The smallest absolute Gasteiger partial charge is 0.232 e. The van der Waals surface area contributed by atoms with Gasteiger partial charge in [-0.15, -0.1) is 0 Å². The number of rotatable bonds is 3. The molecular formula is C13H12N4O. The van der Waals surface area contributed by atoms with E-state index in [4.69, 9.17) is 15.7 Å². The van der Waals surface area contributed by atoms with E-state index in [0.29, 0.717) is 29.4 Å². The number of nitrogens with zero attached hydrogens (tertiary/aromatic N) is 3. The van der Waals surface area contributed by atoms with Gasteiger partial charge >= 0.3 is 0 Å². The van der Waals surface area contributed by atoms with Crippen LogP contribution in [0.5, 0.6) is 5.88 Å². The van der Waals surface area contributed by atoms with Crippen LogP contribution in [0.3, 0.4) is 0 Å². The summed E-state index contributed by atoms with van der Waals surface area (Å²) in [7, 11) is 0. The number of nitrogens with two attached hydrogens (primary N) is 1. The topological polar surface area (TPSA) is 84.8 Å². The lowest BCUT2D eigenvalue weighted by Crippen LogP contribution is -1.97. The largest absolute Gasteiger partial charge is 0.477 e. The number of aromatic nitrogens is 2. The van der Waals surface area contributed by atoms with Crippen molar-refractivity contribution in [1.82, 2.24) is 9.97 Å². The second-order valence-electron chi connectivity index (χ2n) is 3.59. The lowest BCUT2D eigenvalue weighted by Gasteiger charge is -2.05. The van der Waals surface area contributed by atoms with Crippen molar-refractivity contribution in [3.8, 4) is 23.2 Å². The predicted octanol–water partition coefficient (Wildman–Crippen LogP) is 2.00. The van der Waals surface area contributed by atoms with E-state index in [0.717, 1.165) is 5.56 Å². The molecule has 0 aliphatic rings. The number of benzene rings is 1. The Kier molecular flexibility index (Phi) is 3.39. The van der Waals surface area contributed by atoms with Crippen LogP contribution < -0.4 is 10.5 Å². The summed E-state index contributed by atoms with van der Waals surface area (Å²) in [6.07, 6.45) is 3.17. The molecule has 5 heteroatoms. The Balaban J connectivity index is 2.42. The molecule has 0 unspecified atom stereocenters. The molecule has 0 radical (unpaired) electrons. The highest BCUT2D eigenvalue weighted by atomic mass is 16.5. The highest BCUT2D eigenvalue weighted by molar-refractivity contribution is 5.67. The van der Waals surface area contributed by atoms with Gasteiger partial charge in [0.1, 0.15) is 6.07 Å². The zero-order valence-electron chi connectivity index (χ0n) is 9.92. The Morgan fingerprint density at radius 2 is 2.22 bits per heavy atom. The van der Waals surface area contributed by atoms with E-state index in [-0.39, 0.29) is 0 Å². The average molecular weight is 240 g/mol. The molecule has 1 heterocycles. The van der Waals surface area contributed by atoms with Gasteiger partial charge in [-0.2, -0.15) is 5.26 Å². The maximum Gasteiger partial charge on any atom is 0.232 e. The first kappa shape index (κ1) is 11.9. The monoisotopic (exact) mass is 240 g/mol. The van der Waals surface area contributed by atoms with Crippen molar-refractivity contribution in [1.29, 1.82) is 5.26 Å². The second kappa shape index (κ2) is 5.15. The molecule has 18 heavy (non-hydrogen) atoms. The van der Waals surface area contributed by atoms with E-state index in [1.165, 1.54) is 0 Å². The first-order chi connectivity index (χ1) is 8.74. The molecule has 2 N–H and O–H groups in total. The maximum atomic E-state index is 8.94. The fourth-order valence-electron chi connectivity index (χ4n) is 1.52. The van der Waals surface area contributed by atoms with E-state index in [1.807, 2.05) is 13.0 Å². The molecule has 0 atom stereocenters. The van der Waals surface area contributed by atoms with Gasteiger partial charge in [0.25, 0.3) is 0 Å². The standard InChI is InChI=1S/C13H12N4O/c1-2-18-13-8-16-7-12(17-13)9-3-4-11(15)10(5-9)6-14/h3-5,7-8H,2,15H2,1H3. The van der Waals surface area contributed by atoms with Crippen molar-refractivity contribution in [2.75, 3.05) is 12.3 Å². The van der Waals surface area contributed by atoms with Gasteiger partial charge in [-0.05, 0) is 19.1 Å². The molecule has 0 spiro atoms. The Labute approximate surface area is 105 Å². The molecule has 0 aliphatic heterocycles. The van der Waals surface area contributed by atoms with Crippen molar-refractivity contribution >= 4 is 5.69 Å². The third-order valence-corrected chi connectivity index (χ3v) is 2.37. The van der Waals surface area contributed by atoms with E-state index in [2.05, 4.69) is 9.97 Å². The van der Waals surface area contributed by atoms with Gasteiger partial charge in [-0.3, -0.25) is 4.98 Å². The molecule has 0 bridgehead atoms. The Morgan fingerprint density at radius 3 is 2.94 bits per heavy atom. The molecular weight excluding hydrogens is 228 g/mol. The summed E-state index contributed by atoms with van der Waals surface area (Å²) in [5.41, 5.74) is 7.99. The Hall–Kier alpha value is -2.61. The van der Waals surface area contributed by atoms with Crippen LogP contribution in [0, 0.1) is 11.3 Å². The summed E-state index contributed by atoms with van der Waals surface area (Å²) in [5.74, 6) is 0.463. The number of anilines is 1. The van der Waals surface area contributed by atoms with Crippen LogP contribution in [0.15, 0.2) is 30.6 Å². The molecule has 0 saturated carbocycles. The van der Waals surface area contributed by atoms with Crippen LogP contribution in [0.1, 0.15) is 12.5 Å². The Bertz CT molecular complexity index is 604. The van der Waals surface area contributed by atoms with Gasteiger partial charge in [-0.1, -0.05) is 6.07 Å². The fraction of sp³-hybridized carbons (Fsp3) is 0.154. The normalized spacial score (nSPS) is 9.78. The number of nitriles is 1. The molecule has 5 nitrogen and oxygen atoms in total. The highest BCUT2D eigenvalue weighted by Crippen LogP contribution is 2.22. The summed E-state index contributed by atoms with van der Waals surface area (Å²) in [6, 6.07) is 7.22. The first-order valence-corrected chi connectivity index (χ1v) is 5.49. The summed E-state index contributed by atoms with van der Waals surface area (Å²) in [5, 5.41) is 8.94. The quantitative estimate of drug-likeness (QED) is 0.829. The zero-order chi connectivity index (χ0) is 13.0. The Morgan fingerprint density at radius 1 is 1.39 bits per heavy atom. The predicted molar refractivity (Wildman–Crippen MR) is 67.8 cm³/mol. The summed E-state index contributed by atoms with van der Waals surface area (Å²) in [4.78, 5) is 8.36. The van der Waals surface area contributed by atoms with Crippen LogP contribution in [-0.4, -0.2) is 16.6 Å². The number of hydrogen-bond donors (Lipinski definition) is 1. The SMILES string of the molecule is CCOc1cncc(-c2ccc(N)c(C#N)c2)n1. The van der Waals surface area contributed by atoms with E-state index >= 15 is 0 Å². The average Bonchev–Trinajstić information content (AvgIpc) is 2.40. The van der Waals surface area contributed by atoms with Crippen LogP contribution in [0.2, 0.25) is 0 Å². The van der Waals surface area contributed by atoms with Crippen molar-refractivity contribution in [2.24, 2.45) is 0 Å². The van der Waals surface area contributed by atoms with Gasteiger partial charge in [0, 0.05) is 11.3 Å². The summed E-state index contributed by atoms with van der Waals surface area (Å²) < 4.78 is 5.28. The van der Waals surface area contributed by atoms with Gasteiger partial charge in [0.15, 0.2) is 0 Å². The van der Waals surface area contributed by atoms with Gasteiger partial charge in [0.05, 0.1) is 30.3 Å². The number of ether oxygens (including phenoxy) is 1. The second-order valence-corrected chi connectivity index (χ2v) is 3.59. The van der Waals surface area contributed by atoms with Crippen molar-refractivity contribution in [3.63, 3.8) is 0 Å². The van der Waals surface area contributed by atoms with Crippen molar-refractivity contribution in [3.05, 3.63) is 36.2 Å². The number of nitrogen functional groups attached to an aromatic ring is 1. The molecule has 2 aromatic rings. The van der Waals surface area contributed by atoms with E-state index in [1.54, 1.807) is 30.6 Å². The minimum absolute atomic E-state index is 0.427. The van der Waals surface area contributed by atoms with Crippen molar-refractivity contribution in [2.45, 2.75) is 6.92 Å². The molecule has 0 fully saturated rings. The third-order valence-electron chi connectivity index (χ3n) is 2.37. The van der Waals surface area contributed by atoms with E-state index < -0.39 is 0 Å². The van der Waals surface area contributed by atoms with Crippen LogP contribution in [0.4, 0.5) is 5.69 Å². The zero-order valence-corrected chi connectivity index (χ0v) is 9.92. The van der Waals surface area contributed by atoms with Crippen molar-refractivity contribution < 1.29 is 4.74 Å². The highest BCUT2D eigenvalue weighted by Gasteiger charge is 2.05. The van der Waals surface area contributed by atoms with Gasteiger partial charge in [0.2, 0.25) is 5.88 Å². The molecule has 0 amide bonds.